The maximum atomic E-state index is 8.13. The lowest BCUT2D eigenvalue weighted by Crippen LogP contribution is -2.14. The van der Waals surface area contributed by atoms with Gasteiger partial charge < -0.3 is 5.41 Å². The van der Waals surface area contributed by atoms with Crippen molar-refractivity contribution in [2.45, 2.75) is 0 Å². The van der Waals surface area contributed by atoms with Crippen LogP contribution in [-0.4, -0.2) is 5.71 Å². The lowest BCUT2D eigenvalue weighted by Gasteiger charge is -2.20. The van der Waals surface area contributed by atoms with E-state index in [0.717, 1.165) is 5.71 Å². The van der Waals surface area contributed by atoms with Gasteiger partial charge in [-0.1, -0.05) is 48.6 Å². The van der Waals surface area contributed by atoms with Crippen molar-refractivity contribution in [3.63, 3.8) is 0 Å². The molecule has 70 valence electrons. The van der Waals surface area contributed by atoms with Crippen molar-refractivity contribution in [3.8, 4) is 0 Å². The summed E-state index contributed by atoms with van der Waals surface area (Å²) in [5.74, 6) is 1.75. The molecular weight excluding hydrogens is 170 g/mol. The van der Waals surface area contributed by atoms with E-state index in [1.807, 2.05) is 0 Å². The monoisotopic (exact) mass is 183 g/mol. The first kappa shape index (κ1) is 7.98. The molecule has 0 saturated heterocycles. The summed E-state index contributed by atoms with van der Waals surface area (Å²) in [6, 6.07) is 0. The maximum absolute atomic E-state index is 8.13. The number of nitrogens with one attached hydrogen (secondary N) is 1. The van der Waals surface area contributed by atoms with Gasteiger partial charge in [0.05, 0.1) is 0 Å². The SMILES string of the molecule is N=C1C2C=CC=CC2C2C=CC=CC12. The fourth-order valence-electron chi connectivity index (χ4n) is 2.83. The van der Waals surface area contributed by atoms with Gasteiger partial charge >= 0.3 is 0 Å². The highest BCUT2D eigenvalue weighted by Gasteiger charge is 2.43. The van der Waals surface area contributed by atoms with Gasteiger partial charge in [-0.3, -0.25) is 0 Å². The number of allylic oxidation sites excluding steroid dienone is 8. The Morgan fingerprint density at radius 3 is 1.64 bits per heavy atom. The minimum absolute atomic E-state index is 0.349. The molecule has 0 bridgehead atoms. The lowest BCUT2D eigenvalue weighted by molar-refractivity contribution is 0.461. The fraction of sp³-hybridized carbons (Fsp3) is 0.308. The number of fused-ring (bicyclic) bond motifs is 3. The summed E-state index contributed by atoms with van der Waals surface area (Å²) in [7, 11) is 0. The Bertz CT molecular complexity index is 348. The predicted octanol–water partition coefficient (Wildman–Crippen LogP) is 2.74. The van der Waals surface area contributed by atoms with Crippen LogP contribution in [0.5, 0.6) is 0 Å². The molecule has 0 aliphatic heterocycles. The molecule has 1 saturated carbocycles. The molecule has 4 atom stereocenters. The first-order valence-corrected chi connectivity index (χ1v) is 5.16. The van der Waals surface area contributed by atoms with E-state index in [4.69, 9.17) is 5.41 Å². The summed E-state index contributed by atoms with van der Waals surface area (Å²) in [5, 5.41) is 8.13. The maximum Gasteiger partial charge on any atom is 0.0239 e. The highest BCUT2D eigenvalue weighted by atomic mass is 14.6. The van der Waals surface area contributed by atoms with Crippen LogP contribution in [0.25, 0.3) is 0 Å². The van der Waals surface area contributed by atoms with Crippen LogP contribution in [0.4, 0.5) is 0 Å². The zero-order valence-electron chi connectivity index (χ0n) is 7.93. The average Bonchev–Trinajstić information content (AvgIpc) is 2.55. The molecule has 0 aromatic heterocycles. The molecule has 0 spiro atoms. The minimum atomic E-state index is 0.349. The van der Waals surface area contributed by atoms with E-state index in [9.17, 15) is 0 Å². The van der Waals surface area contributed by atoms with Gasteiger partial charge in [0.15, 0.2) is 0 Å². The highest BCUT2D eigenvalue weighted by molar-refractivity contribution is 5.93. The molecule has 4 unspecified atom stereocenters. The Hall–Kier alpha value is -1.37. The predicted molar refractivity (Wildman–Crippen MR) is 58.2 cm³/mol. The lowest BCUT2D eigenvalue weighted by atomic mass is 9.83. The number of hydrogen-bond acceptors (Lipinski definition) is 1. The topological polar surface area (TPSA) is 23.9 Å². The number of hydrogen-bond donors (Lipinski definition) is 1. The van der Waals surface area contributed by atoms with Crippen LogP contribution >= 0.6 is 0 Å². The van der Waals surface area contributed by atoms with Crippen LogP contribution in [-0.2, 0) is 0 Å². The quantitative estimate of drug-likeness (QED) is 0.597. The summed E-state index contributed by atoms with van der Waals surface area (Å²) in [4.78, 5) is 0. The molecule has 14 heavy (non-hydrogen) atoms. The zero-order valence-corrected chi connectivity index (χ0v) is 7.93. The van der Waals surface area contributed by atoms with Gasteiger partial charge in [0, 0.05) is 17.5 Å². The summed E-state index contributed by atoms with van der Waals surface area (Å²) in [5.41, 5.74) is 0.890. The average molecular weight is 183 g/mol. The van der Waals surface area contributed by atoms with E-state index in [1.165, 1.54) is 0 Å². The molecule has 0 amide bonds. The largest absolute Gasteiger partial charge is 0.308 e. The second-order valence-electron chi connectivity index (χ2n) is 4.20. The van der Waals surface area contributed by atoms with Crippen molar-refractivity contribution >= 4 is 5.71 Å². The Morgan fingerprint density at radius 1 is 0.714 bits per heavy atom. The van der Waals surface area contributed by atoms with Crippen LogP contribution in [0.15, 0.2) is 48.6 Å². The number of rotatable bonds is 0. The van der Waals surface area contributed by atoms with E-state index in [2.05, 4.69) is 48.6 Å². The summed E-state index contributed by atoms with van der Waals surface area (Å²) >= 11 is 0. The van der Waals surface area contributed by atoms with Gasteiger partial charge in [0.25, 0.3) is 0 Å². The van der Waals surface area contributed by atoms with Crippen molar-refractivity contribution in [3.05, 3.63) is 48.6 Å². The van der Waals surface area contributed by atoms with Crippen molar-refractivity contribution in [2.75, 3.05) is 0 Å². The van der Waals surface area contributed by atoms with Crippen molar-refractivity contribution in [1.29, 1.82) is 5.41 Å². The molecule has 0 aromatic rings. The van der Waals surface area contributed by atoms with Crippen molar-refractivity contribution in [2.24, 2.45) is 23.7 Å². The standard InChI is InChI=1S/C13H13N/c14-13-11-7-3-1-5-9(11)10-6-2-4-8-12(10)13/h1-12,14H. The molecule has 1 heteroatoms. The Morgan fingerprint density at radius 2 is 1.14 bits per heavy atom. The van der Waals surface area contributed by atoms with Crippen molar-refractivity contribution < 1.29 is 0 Å². The van der Waals surface area contributed by atoms with Crippen LogP contribution in [0, 0.1) is 29.1 Å². The van der Waals surface area contributed by atoms with Gasteiger partial charge in [-0.2, -0.15) is 0 Å². The van der Waals surface area contributed by atoms with Gasteiger partial charge in [-0.15, -0.1) is 0 Å². The normalized spacial score (nSPS) is 42.7. The van der Waals surface area contributed by atoms with Crippen LogP contribution < -0.4 is 0 Å². The molecule has 3 rings (SSSR count). The van der Waals surface area contributed by atoms with E-state index in [1.54, 1.807) is 0 Å². The second kappa shape index (κ2) is 2.81. The summed E-state index contributed by atoms with van der Waals surface area (Å²) in [6.45, 7) is 0. The van der Waals surface area contributed by atoms with E-state index < -0.39 is 0 Å². The molecule has 1 nitrogen and oxygen atoms in total. The third kappa shape index (κ3) is 0.926. The molecule has 3 aliphatic carbocycles. The Kier molecular flexibility index (Phi) is 1.60. The van der Waals surface area contributed by atoms with E-state index in [0.29, 0.717) is 23.7 Å². The Balaban J connectivity index is 2.04. The fourth-order valence-corrected chi connectivity index (χ4v) is 2.83. The summed E-state index contributed by atoms with van der Waals surface area (Å²) < 4.78 is 0. The Labute approximate surface area is 84.0 Å². The van der Waals surface area contributed by atoms with Gasteiger partial charge in [-0.25, -0.2) is 0 Å². The molecule has 1 N–H and O–H groups in total. The molecule has 0 radical (unpaired) electrons. The minimum Gasteiger partial charge on any atom is -0.308 e. The zero-order chi connectivity index (χ0) is 9.54. The van der Waals surface area contributed by atoms with E-state index >= 15 is 0 Å². The van der Waals surface area contributed by atoms with Gasteiger partial charge in [0.2, 0.25) is 0 Å². The third-order valence-electron chi connectivity index (χ3n) is 3.52. The van der Waals surface area contributed by atoms with Crippen LogP contribution in [0.3, 0.4) is 0 Å². The van der Waals surface area contributed by atoms with Crippen LogP contribution in [0.2, 0.25) is 0 Å². The van der Waals surface area contributed by atoms with E-state index in [-0.39, 0.29) is 0 Å². The highest BCUT2D eigenvalue weighted by Crippen LogP contribution is 2.44. The summed E-state index contributed by atoms with van der Waals surface area (Å²) in [6.07, 6.45) is 17.2. The van der Waals surface area contributed by atoms with Gasteiger partial charge in [-0.05, 0) is 11.8 Å². The molecular formula is C13H13N. The first-order chi connectivity index (χ1) is 6.88. The third-order valence-corrected chi connectivity index (χ3v) is 3.52. The smallest absolute Gasteiger partial charge is 0.0239 e. The van der Waals surface area contributed by atoms with Gasteiger partial charge in [0.1, 0.15) is 0 Å². The first-order valence-electron chi connectivity index (χ1n) is 5.16. The molecule has 3 aliphatic rings. The van der Waals surface area contributed by atoms with Crippen LogP contribution in [0.1, 0.15) is 0 Å². The van der Waals surface area contributed by atoms with Crippen molar-refractivity contribution in [1.82, 2.24) is 0 Å². The second-order valence-corrected chi connectivity index (χ2v) is 4.20. The molecule has 1 fully saturated rings. The molecule has 0 aromatic carbocycles. The molecule has 0 heterocycles.